The Balaban J connectivity index is 2.44. The number of carbonyl (C=O) groups is 1. The number of hydrogen-bond donors (Lipinski definition) is 1. The zero-order chi connectivity index (χ0) is 16.4. The quantitative estimate of drug-likeness (QED) is 0.329. The molecule has 0 radical (unpaired) electrons. The van der Waals surface area contributed by atoms with Crippen molar-refractivity contribution in [2.45, 2.75) is 20.3 Å². The van der Waals surface area contributed by atoms with Crippen LogP contribution in [0.3, 0.4) is 0 Å². The van der Waals surface area contributed by atoms with Crippen LogP contribution < -0.4 is 5.32 Å². The van der Waals surface area contributed by atoms with Crippen LogP contribution in [0, 0.1) is 10.1 Å². The van der Waals surface area contributed by atoms with E-state index in [0.717, 1.165) is 26.1 Å². The lowest BCUT2D eigenvalue weighted by molar-refractivity contribution is -0.385. The van der Waals surface area contributed by atoms with E-state index in [1.165, 1.54) is 18.2 Å². The number of para-hydroxylation sites is 1. The summed E-state index contributed by atoms with van der Waals surface area (Å²) >= 11 is 0. The van der Waals surface area contributed by atoms with Crippen molar-refractivity contribution in [1.82, 2.24) is 10.2 Å². The van der Waals surface area contributed by atoms with Gasteiger partial charge in [0.1, 0.15) is 0 Å². The molecule has 22 heavy (non-hydrogen) atoms. The molecule has 0 aliphatic carbocycles. The fraction of sp³-hybridized carbons (Fsp3) is 0.438. The monoisotopic (exact) mass is 305 g/mol. The van der Waals surface area contributed by atoms with Crippen molar-refractivity contribution >= 4 is 17.7 Å². The predicted octanol–water partition coefficient (Wildman–Crippen LogP) is 2.46. The number of nitrogens with one attached hydrogen (secondary N) is 1. The highest BCUT2D eigenvalue weighted by Crippen LogP contribution is 2.18. The normalized spacial score (nSPS) is 11.0. The van der Waals surface area contributed by atoms with E-state index < -0.39 is 4.92 Å². The molecule has 0 saturated heterocycles. The number of nitro benzene ring substituents is 1. The molecular formula is C16H23N3O3. The van der Waals surface area contributed by atoms with E-state index >= 15 is 0 Å². The Kier molecular flexibility index (Phi) is 7.85. The van der Waals surface area contributed by atoms with Gasteiger partial charge in [0.15, 0.2) is 0 Å². The highest BCUT2D eigenvalue weighted by molar-refractivity contribution is 5.92. The molecule has 1 N–H and O–H groups in total. The van der Waals surface area contributed by atoms with Crippen LogP contribution in [0.1, 0.15) is 25.8 Å². The lowest BCUT2D eigenvalue weighted by Crippen LogP contribution is -2.29. The number of amides is 1. The topological polar surface area (TPSA) is 75.5 Å². The average Bonchev–Trinajstić information content (AvgIpc) is 2.53. The molecule has 6 nitrogen and oxygen atoms in total. The van der Waals surface area contributed by atoms with E-state index in [0.29, 0.717) is 12.1 Å². The van der Waals surface area contributed by atoms with Crippen molar-refractivity contribution in [3.8, 4) is 0 Å². The van der Waals surface area contributed by atoms with Gasteiger partial charge in [-0.2, -0.15) is 0 Å². The Morgan fingerprint density at radius 3 is 2.64 bits per heavy atom. The zero-order valence-corrected chi connectivity index (χ0v) is 13.1. The molecule has 0 fully saturated rings. The number of benzene rings is 1. The number of nitro groups is 1. The average molecular weight is 305 g/mol. The van der Waals surface area contributed by atoms with Crippen molar-refractivity contribution in [3.63, 3.8) is 0 Å². The fourth-order valence-corrected chi connectivity index (χ4v) is 2.07. The Hall–Kier alpha value is -2.21. The van der Waals surface area contributed by atoms with Crippen molar-refractivity contribution < 1.29 is 9.72 Å². The highest BCUT2D eigenvalue weighted by atomic mass is 16.6. The van der Waals surface area contributed by atoms with Crippen molar-refractivity contribution in [2.24, 2.45) is 0 Å². The maximum atomic E-state index is 11.7. The first-order valence-corrected chi connectivity index (χ1v) is 7.50. The van der Waals surface area contributed by atoms with Gasteiger partial charge in [0, 0.05) is 18.7 Å². The van der Waals surface area contributed by atoms with E-state index in [1.807, 2.05) is 0 Å². The molecule has 0 bridgehead atoms. The summed E-state index contributed by atoms with van der Waals surface area (Å²) in [5, 5.41) is 13.6. The van der Waals surface area contributed by atoms with E-state index in [-0.39, 0.29) is 11.6 Å². The second kappa shape index (κ2) is 9.68. The van der Waals surface area contributed by atoms with Crippen molar-refractivity contribution in [1.29, 1.82) is 0 Å². The molecule has 1 aromatic carbocycles. The van der Waals surface area contributed by atoms with Gasteiger partial charge in [0.25, 0.3) is 5.69 Å². The summed E-state index contributed by atoms with van der Waals surface area (Å²) in [6.45, 7) is 7.76. The molecule has 1 amide bonds. The summed E-state index contributed by atoms with van der Waals surface area (Å²) < 4.78 is 0. The number of nitrogens with zero attached hydrogens (tertiary/aromatic N) is 2. The molecule has 1 rings (SSSR count). The minimum Gasteiger partial charge on any atom is -0.353 e. The molecule has 1 aromatic rings. The van der Waals surface area contributed by atoms with Crippen LogP contribution in [0.15, 0.2) is 30.3 Å². The molecule has 0 aromatic heterocycles. The molecule has 0 spiro atoms. The van der Waals surface area contributed by atoms with Crippen LogP contribution in [0.4, 0.5) is 5.69 Å². The molecule has 0 heterocycles. The molecule has 120 valence electrons. The fourth-order valence-electron chi connectivity index (χ4n) is 2.07. The molecule has 0 atom stereocenters. The first kappa shape index (κ1) is 17.8. The molecule has 0 aliphatic heterocycles. The summed E-state index contributed by atoms with van der Waals surface area (Å²) in [6.07, 6.45) is 3.68. The van der Waals surface area contributed by atoms with Crippen LogP contribution in [0.5, 0.6) is 0 Å². The minimum absolute atomic E-state index is 0.00640. The SMILES string of the molecule is CCN(CC)CCCNC(=O)C=Cc1ccccc1[N+](=O)[O-]. The van der Waals surface area contributed by atoms with Crippen LogP contribution >= 0.6 is 0 Å². The summed E-state index contributed by atoms with van der Waals surface area (Å²) in [5.41, 5.74) is 0.416. The van der Waals surface area contributed by atoms with Gasteiger partial charge < -0.3 is 10.2 Å². The third-order valence-corrected chi connectivity index (χ3v) is 3.39. The van der Waals surface area contributed by atoms with Gasteiger partial charge >= 0.3 is 0 Å². The van der Waals surface area contributed by atoms with E-state index in [9.17, 15) is 14.9 Å². The largest absolute Gasteiger partial charge is 0.353 e. The van der Waals surface area contributed by atoms with Crippen LogP contribution in [-0.4, -0.2) is 41.9 Å². The molecule has 0 aliphatic rings. The number of rotatable bonds is 9. The zero-order valence-electron chi connectivity index (χ0n) is 13.1. The second-order valence-corrected chi connectivity index (χ2v) is 4.82. The summed E-state index contributed by atoms with van der Waals surface area (Å²) in [5.74, 6) is -0.238. The number of hydrogen-bond acceptors (Lipinski definition) is 4. The lowest BCUT2D eigenvalue weighted by Gasteiger charge is -2.17. The van der Waals surface area contributed by atoms with Gasteiger partial charge in [0.05, 0.1) is 10.5 Å². The summed E-state index contributed by atoms with van der Waals surface area (Å²) in [7, 11) is 0. The summed E-state index contributed by atoms with van der Waals surface area (Å²) in [6, 6.07) is 6.33. The third kappa shape index (κ3) is 6.05. The first-order chi connectivity index (χ1) is 10.6. The van der Waals surface area contributed by atoms with Crippen molar-refractivity contribution in [3.05, 3.63) is 46.0 Å². The van der Waals surface area contributed by atoms with E-state index in [2.05, 4.69) is 24.1 Å². The van der Waals surface area contributed by atoms with Crippen LogP contribution in [0.2, 0.25) is 0 Å². The molecule has 0 unspecified atom stereocenters. The van der Waals surface area contributed by atoms with Gasteiger partial charge in [-0.15, -0.1) is 0 Å². The van der Waals surface area contributed by atoms with Crippen LogP contribution in [-0.2, 0) is 4.79 Å². The van der Waals surface area contributed by atoms with Crippen LogP contribution in [0.25, 0.3) is 6.08 Å². The smallest absolute Gasteiger partial charge is 0.276 e. The second-order valence-electron chi connectivity index (χ2n) is 4.82. The summed E-state index contributed by atoms with van der Waals surface area (Å²) in [4.78, 5) is 24.4. The Labute approximate surface area is 131 Å². The number of carbonyl (C=O) groups excluding carboxylic acids is 1. The van der Waals surface area contributed by atoms with Gasteiger partial charge in [-0.25, -0.2) is 0 Å². The van der Waals surface area contributed by atoms with Gasteiger partial charge in [-0.1, -0.05) is 26.0 Å². The standard InChI is InChI=1S/C16H23N3O3/c1-3-18(4-2)13-7-12-17-16(20)11-10-14-8-5-6-9-15(14)19(21)22/h5-6,8-11H,3-4,7,12-13H2,1-2H3,(H,17,20). The molecule has 6 heteroatoms. The van der Waals surface area contributed by atoms with Gasteiger partial charge in [-0.3, -0.25) is 14.9 Å². The predicted molar refractivity (Wildman–Crippen MR) is 87.5 cm³/mol. The Morgan fingerprint density at radius 2 is 2.00 bits per heavy atom. The van der Waals surface area contributed by atoms with E-state index in [4.69, 9.17) is 0 Å². The van der Waals surface area contributed by atoms with Gasteiger partial charge in [-0.05, 0) is 38.2 Å². The van der Waals surface area contributed by atoms with Crippen molar-refractivity contribution in [2.75, 3.05) is 26.2 Å². The third-order valence-electron chi connectivity index (χ3n) is 3.39. The maximum Gasteiger partial charge on any atom is 0.276 e. The molecular weight excluding hydrogens is 282 g/mol. The highest BCUT2D eigenvalue weighted by Gasteiger charge is 2.09. The van der Waals surface area contributed by atoms with E-state index in [1.54, 1.807) is 18.2 Å². The maximum absolute atomic E-state index is 11.7. The molecule has 0 saturated carbocycles. The minimum atomic E-state index is -0.457. The Bertz CT molecular complexity index is 525. The lowest BCUT2D eigenvalue weighted by atomic mass is 10.1. The van der Waals surface area contributed by atoms with Gasteiger partial charge in [0.2, 0.25) is 5.91 Å². The Morgan fingerprint density at radius 1 is 1.32 bits per heavy atom. The first-order valence-electron chi connectivity index (χ1n) is 7.50.